The van der Waals surface area contributed by atoms with Crippen LogP contribution in [0.25, 0.3) is 0 Å². The monoisotopic (exact) mass is 387 g/mol. The minimum atomic E-state index is -0.380. The fraction of sp³-hybridized carbons (Fsp3) is 0.381. The molecule has 6 heteroatoms. The summed E-state index contributed by atoms with van der Waals surface area (Å²) in [6, 6.07) is 7.91. The van der Waals surface area contributed by atoms with E-state index in [9.17, 15) is 9.59 Å². The second kappa shape index (κ2) is 9.51. The molecule has 0 aromatic heterocycles. The third kappa shape index (κ3) is 5.07. The zero-order valence-electron chi connectivity index (χ0n) is 16.3. The standard InChI is InChI=1S/C21H26ClN3O2/c1-5-8-19(26)24-18-13-17(14(4)20(22)21(18)27)23-15-9-11-16(12-10-15)25(6-2)7-3/h9-13H,5-8H2,1-4H3,(H,24,26). The molecule has 0 radical (unpaired) electrons. The summed E-state index contributed by atoms with van der Waals surface area (Å²) in [5, 5.41) is 2.73. The number of anilines is 1. The van der Waals surface area contributed by atoms with E-state index in [1.165, 1.54) is 0 Å². The maximum Gasteiger partial charge on any atom is 0.224 e. The van der Waals surface area contributed by atoms with Gasteiger partial charge in [0.05, 0.1) is 22.1 Å². The van der Waals surface area contributed by atoms with Gasteiger partial charge in [-0.1, -0.05) is 18.5 Å². The van der Waals surface area contributed by atoms with Gasteiger partial charge in [-0.25, -0.2) is 4.99 Å². The third-order valence-corrected chi connectivity index (χ3v) is 4.87. The van der Waals surface area contributed by atoms with Gasteiger partial charge in [-0.05, 0) is 63.1 Å². The van der Waals surface area contributed by atoms with Crippen molar-refractivity contribution in [3.8, 4) is 0 Å². The Bertz CT molecular complexity index is 803. The number of halogens is 1. The Morgan fingerprint density at radius 3 is 2.33 bits per heavy atom. The summed E-state index contributed by atoms with van der Waals surface area (Å²) in [7, 11) is 0. The van der Waals surface area contributed by atoms with Gasteiger partial charge in [0.1, 0.15) is 0 Å². The second-order valence-corrected chi connectivity index (χ2v) is 6.69. The molecule has 1 aromatic rings. The molecule has 1 aliphatic carbocycles. The molecule has 0 saturated heterocycles. The summed E-state index contributed by atoms with van der Waals surface area (Å²) in [6.45, 7) is 9.77. The SMILES string of the molecule is CCCC(=O)NC1=CC(=Nc2ccc(N(CC)CC)cc2)C(C)=C(Cl)C1=O. The van der Waals surface area contributed by atoms with Crippen molar-refractivity contribution in [2.75, 3.05) is 18.0 Å². The van der Waals surface area contributed by atoms with Crippen LogP contribution in [0.1, 0.15) is 40.5 Å². The number of aliphatic imine (C=N–C) groups is 1. The molecule has 2 rings (SSSR count). The predicted octanol–water partition coefficient (Wildman–Crippen LogP) is 4.50. The first-order valence-corrected chi connectivity index (χ1v) is 9.65. The van der Waals surface area contributed by atoms with E-state index in [4.69, 9.17) is 11.6 Å². The number of nitrogens with zero attached hydrogens (tertiary/aromatic N) is 2. The van der Waals surface area contributed by atoms with Crippen LogP contribution in [0, 0.1) is 0 Å². The van der Waals surface area contributed by atoms with Crippen molar-refractivity contribution >= 4 is 40.4 Å². The minimum absolute atomic E-state index is 0.0859. The zero-order chi connectivity index (χ0) is 20.0. The largest absolute Gasteiger partial charge is 0.372 e. The summed E-state index contributed by atoms with van der Waals surface area (Å²) >= 11 is 6.19. The lowest BCUT2D eigenvalue weighted by Crippen LogP contribution is -2.30. The van der Waals surface area contributed by atoms with Gasteiger partial charge >= 0.3 is 0 Å². The van der Waals surface area contributed by atoms with Gasteiger partial charge in [-0.2, -0.15) is 0 Å². The minimum Gasteiger partial charge on any atom is -0.372 e. The van der Waals surface area contributed by atoms with E-state index in [0.717, 1.165) is 24.5 Å². The van der Waals surface area contributed by atoms with E-state index in [1.807, 2.05) is 31.2 Å². The van der Waals surface area contributed by atoms with Crippen LogP contribution in [0.3, 0.4) is 0 Å². The number of benzene rings is 1. The van der Waals surface area contributed by atoms with Crippen LogP contribution in [0.4, 0.5) is 11.4 Å². The van der Waals surface area contributed by atoms with Crippen LogP contribution in [0.15, 0.2) is 51.6 Å². The van der Waals surface area contributed by atoms with E-state index in [1.54, 1.807) is 13.0 Å². The molecule has 5 nitrogen and oxygen atoms in total. The summed E-state index contributed by atoms with van der Waals surface area (Å²) in [5.41, 5.74) is 3.23. The smallest absolute Gasteiger partial charge is 0.224 e. The molecular formula is C21H26ClN3O2. The quantitative estimate of drug-likeness (QED) is 0.700. The average molecular weight is 388 g/mol. The van der Waals surface area contributed by atoms with Gasteiger partial charge in [0.25, 0.3) is 0 Å². The molecule has 1 N–H and O–H groups in total. The highest BCUT2D eigenvalue weighted by Crippen LogP contribution is 2.26. The Morgan fingerprint density at radius 2 is 1.78 bits per heavy atom. The molecule has 0 unspecified atom stereocenters. The van der Waals surface area contributed by atoms with Crippen molar-refractivity contribution in [1.82, 2.24) is 5.32 Å². The molecule has 0 atom stereocenters. The predicted molar refractivity (Wildman–Crippen MR) is 112 cm³/mol. The second-order valence-electron chi connectivity index (χ2n) is 6.31. The number of carbonyl (C=O) groups is 2. The Morgan fingerprint density at radius 1 is 1.15 bits per heavy atom. The van der Waals surface area contributed by atoms with Crippen LogP contribution in [0.5, 0.6) is 0 Å². The number of ketones is 1. The van der Waals surface area contributed by atoms with Gasteiger partial charge in [0.15, 0.2) is 0 Å². The van der Waals surface area contributed by atoms with Gasteiger partial charge in [0, 0.05) is 25.2 Å². The van der Waals surface area contributed by atoms with Gasteiger partial charge < -0.3 is 10.2 Å². The molecule has 0 saturated carbocycles. The van der Waals surface area contributed by atoms with Crippen molar-refractivity contribution in [2.45, 2.75) is 40.5 Å². The van der Waals surface area contributed by atoms with Crippen molar-refractivity contribution in [2.24, 2.45) is 4.99 Å². The van der Waals surface area contributed by atoms with Crippen LogP contribution in [-0.4, -0.2) is 30.5 Å². The number of hydrogen-bond donors (Lipinski definition) is 1. The molecule has 1 aromatic carbocycles. The number of hydrogen-bond acceptors (Lipinski definition) is 4. The maximum atomic E-state index is 12.3. The van der Waals surface area contributed by atoms with E-state index in [2.05, 4.69) is 29.1 Å². The topological polar surface area (TPSA) is 61.8 Å². The van der Waals surface area contributed by atoms with Gasteiger partial charge in [-0.3, -0.25) is 9.59 Å². The van der Waals surface area contributed by atoms with E-state index in [-0.39, 0.29) is 22.4 Å². The van der Waals surface area contributed by atoms with Crippen molar-refractivity contribution in [1.29, 1.82) is 0 Å². The highest BCUT2D eigenvalue weighted by Gasteiger charge is 2.25. The third-order valence-electron chi connectivity index (χ3n) is 4.42. The van der Waals surface area contributed by atoms with E-state index in [0.29, 0.717) is 24.1 Å². The van der Waals surface area contributed by atoms with Crippen LogP contribution in [-0.2, 0) is 9.59 Å². The summed E-state index contributed by atoms with van der Waals surface area (Å²) in [5.74, 6) is -0.585. The number of Topliss-reactive ketones (excluding diaryl/α,β-unsaturated/α-hetero) is 1. The van der Waals surface area contributed by atoms with Crippen molar-refractivity contribution in [3.05, 3.63) is 46.6 Å². The summed E-state index contributed by atoms with van der Waals surface area (Å²) < 4.78 is 0. The van der Waals surface area contributed by atoms with Crippen LogP contribution >= 0.6 is 11.6 Å². The van der Waals surface area contributed by atoms with Crippen LogP contribution < -0.4 is 10.2 Å². The fourth-order valence-electron chi connectivity index (χ4n) is 2.83. The highest BCUT2D eigenvalue weighted by atomic mass is 35.5. The van der Waals surface area contributed by atoms with E-state index >= 15 is 0 Å². The Kier molecular flexibility index (Phi) is 7.36. The van der Waals surface area contributed by atoms with Gasteiger partial charge in [0.2, 0.25) is 11.7 Å². The number of carbonyl (C=O) groups excluding carboxylic acids is 2. The first-order chi connectivity index (χ1) is 12.9. The molecule has 0 spiro atoms. The molecule has 0 heterocycles. The molecule has 0 bridgehead atoms. The van der Waals surface area contributed by atoms with Crippen molar-refractivity contribution < 1.29 is 9.59 Å². The summed E-state index contributed by atoms with van der Waals surface area (Å²) in [6.07, 6.45) is 2.65. The highest BCUT2D eigenvalue weighted by molar-refractivity contribution is 6.49. The Hall–Kier alpha value is -2.40. The Balaban J connectivity index is 2.32. The molecular weight excluding hydrogens is 362 g/mol. The first-order valence-electron chi connectivity index (χ1n) is 9.27. The number of amides is 1. The number of rotatable bonds is 7. The maximum absolute atomic E-state index is 12.3. The molecule has 27 heavy (non-hydrogen) atoms. The zero-order valence-corrected chi connectivity index (χ0v) is 17.1. The molecule has 0 fully saturated rings. The molecule has 144 valence electrons. The lowest BCUT2D eigenvalue weighted by atomic mass is 10.0. The Labute approximate surface area is 165 Å². The number of nitrogens with one attached hydrogen (secondary N) is 1. The van der Waals surface area contributed by atoms with Gasteiger partial charge in [-0.15, -0.1) is 0 Å². The summed E-state index contributed by atoms with van der Waals surface area (Å²) in [4.78, 5) is 31.1. The average Bonchev–Trinajstić information content (AvgIpc) is 2.66. The van der Waals surface area contributed by atoms with E-state index < -0.39 is 0 Å². The fourth-order valence-corrected chi connectivity index (χ4v) is 3.02. The van der Waals surface area contributed by atoms with Crippen LogP contribution in [0.2, 0.25) is 0 Å². The van der Waals surface area contributed by atoms with Crippen molar-refractivity contribution in [3.63, 3.8) is 0 Å². The lowest BCUT2D eigenvalue weighted by Gasteiger charge is -2.21. The first kappa shape index (κ1) is 20.9. The molecule has 1 aliphatic rings. The molecule has 0 aliphatic heterocycles. The number of allylic oxidation sites excluding steroid dienone is 3. The lowest BCUT2D eigenvalue weighted by molar-refractivity contribution is -0.122. The normalized spacial score (nSPS) is 15.8. The molecule has 1 amide bonds.